The van der Waals surface area contributed by atoms with Gasteiger partial charge in [-0.3, -0.25) is 9.20 Å². The van der Waals surface area contributed by atoms with Crippen LogP contribution in [0.15, 0.2) is 33.8 Å². The van der Waals surface area contributed by atoms with Crippen molar-refractivity contribution in [2.75, 3.05) is 32.8 Å². The third-order valence-corrected chi connectivity index (χ3v) is 7.14. The summed E-state index contributed by atoms with van der Waals surface area (Å²) in [7, 11) is 0. The molecule has 1 N–H and O–H groups in total. The van der Waals surface area contributed by atoms with E-state index in [2.05, 4.69) is 20.0 Å². The summed E-state index contributed by atoms with van der Waals surface area (Å²) in [4.78, 5) is 25.1. The number of fused-ring (bicyclic) bond motifs is 3. The van der Waals surface area contributed by atoms with E-state index in [0.717, 1.165) is 37.9 Å². The van der Waals surface area contributed by atoms with Crippen LogP contribution in [0.25, 0.3) is 28.1 Å². The number of aliphatic hydroxyl groups is 1. The molecule has 0 bridgehead atoms. The topological polar surface area (TPSA) is 111 Å². The van der Waals surface area contributed by atoms with Crippen LogP contribution in [0.1, 0.15) is 31.1 Å². The second kappa shape index (κ2) is 8.77. The number of piperidine rings is 1. The number of aromatic nitrogens is 5. The zero-order chi connectivity index (χ0) is 23.2. The van der Waals surface area contributed by atoms with Gasteiger partial charge in [0.1, 0.15) is 17.5 Å². The maximum absolute atomic E-state index is 13.8. The molecule has 0 saturated carbocycles. The third kappa shape index (κ3) is 3.70. The SMILES string of the molecule is O=c1c2c(-c3noc(C4CCOC4)n3)ncn2c2cccc(Cl)c2n1CCN1CCC(O)CC1. The number of halogens is 1. The fourth-order valence-electron chi connectivity index (χ4n) is 4.92. The van der Waals surface area contributed by atoms with E-state index in [1.165, 1.54) is 0 Å². The molecular weight excluding hydrogens is 460 g/mol. The Kier molecular flexibility index (Phi) is 5.60. The third-order valence-electron chi connectivity index (χ3n) is 6.84. The fourth-order valence-corrected chi connectivity index (χ4v) is 5.19. The van der Waals surface area contributed by atoms with Crippen molar-refractivity contribution in [2.45, 2.75) is 37.8 Å². The molecule has 178 valence electrons. The molecule has 34 heavy (non-hydrogen) atoms. The lowest BCUT2D eigenvalue weighted by atomic mass is 10.1. The Balaban J connectivity index is 1.44. The van der Waals surface area contributed by atoms with Gasteiger partial charge in [-0.25, -0.2) is 4.98 Å². The average Bonchev–Trinajstić information content (AvgIpc) is 3.60. The molecule has 0 radical (unpaired) electrons. The highest BCUT2D eigenvalue weighted by Crippen LogP contribution is 2.29. The van der Waals surface area contributed by atoms with Crippen LogP contribution in [0.5, 0.6) is 0 Å². The van der Waals surface area contributed by atoms with Gasteiger partial charge in [0.2, 0.25) is 11.7 Å². The predicted octanol–water partition coefficient (Wildman–Crippen LogP) is 2.31. The van der Waals surface area contributed by atoms with Crippen molar-refractivity contribution >= 4 is 28.2 Å². The maximum Gasteiger partial charge on any atom is 0.277 e. The monoisotopic (exact) mass is 484 g/mol. The molecule has 2 saturated heterocycles. The van der Waals surface area contributed by atoms with E-state index in [0.29, 0.717) is 59.8 Å². The molecule has 2 aliphatic rings. The van der Waals surface area contributed by atoms with Crippen molar-refractivity contribution in [2.24, 2.45) is 0 Å². The molecule has 6 rings (SSSR count). The summed E-state index contributed by atoms with van der Waals surface area (Å²) >= 11 is 6.58. The minimum absolute atomic E-state index is 0.0643. The molecule has 0 amide bonds. The van der Waals surface area contributed by atoms with Crippen molar-refractivity contribution < 1.29 is 14.4 Å². The van der Waals surface area contributed by atoms with E-state index in [1.54, 1.807) is 21.4 Å². The predicted molar refractivity (Wildman–Crippen MR) is 125 cm³/mol. The first-order chi connectivity index (χ1) is 16.6. The van der Waals surface area contributed by atoms with Crippen LogP contribution >= 0.6 is 11.6 Å². The molecule has 0 aliphatic carbocycles. The molecule has 11 heteroatoms. The zero-order valence-corrected chi connectivity index (χ0v) is 19.3. The van der Waals surface area contributed by atoms with Crippen LogP contribution < -0.4 is 5.56 Å². The van der Waals surface area contributed by atoms with Crippen molar-refractivity contribution in [3.8, 4) is 11.5 Å². The van der Waals surface area contributed by atoms with Gasteiger partial charge >= 0.3 is 0 Å². The van der Waals surface area contributed by atoms with Gasteiger partial charge in [-0.15, -0.1) is 0 Å². The molecule has 2 fully saturated rings. The smallest absolute Gasteiger partial charge is 0.277 e. The van der Waals surface area contributed by atoms with Crippen molar-refractivity contribution in [3.05, 3.63) is 45.8 Å². The lowest BCUT2D eigenvalue weighted by Crippen LogP contribution is -2.39. The Morgan fingerprint density at radius 2 is 2.00 bits per heavy atom. The number of ether oxygens (including phenoxy) is 1. The summed E-state index contributed by atoms with van der Waals surface area (Å²) in [6, 6.07) is 5.57. The van der Waals surface area contributed by atoms with E-state index in [-0.39, 0.29) is 17.6 Å². The van der Waals surface area contributed by atoms with Crippen LogP contribution in [-0.4, -0.2) is 73.1 Å². The number of likely N-dealkylation sites (tertiary alicyclic amines) is 1. The number of aliphatic hydroxyl groups excluding tert-OH is 1. The molecule has 1 unspecified atom stereocenters. The van der Waals surface area contributed by atoms with E-state index >= 15 is 0 Å². The highest BCUT2D eigenvalue weighted by Gasteiger charge is 2.27. The van der Waals surface area contributed by atoms with Crippen LogP contribution in [0.4, 0.5) is 0 Å². The minimum Gasteiger partial charge on any atom is -0.393 e. The second-order valence-corrected chi connectivity index (χ2v) is 9.37. The van der Waals surface area contributed by atoms with E-state index in [4.69, 9.17) is 20.9 Å². The Labute approximate surface area is 199 Å². The first-order valence-electron chi connectivity index (χ1n) is 11.6. The lowest BCUT2D eigenvalue weighted by Gasteiger charge is -2.29. The summed E-state index contributed by atoms with van der Waals surface area (Å²) in [6.45, 7) is 3.97. The average molecular weight is 485 g/mol. The summed E-state index contributed by atoms with van der Waals surface area (Å²) in [5.41, 5.74) is 2.01. The van der Waals surface area contributed by atoms with Gasteiger partial charge in [-0.05, 0) is 31.4 Å². The van der Waals surface area contributed by atoms with E-state index in [9.17, 15) is 9.90 Å². The summed E-state index contributed by atoms with van der Waals surface area (Å²) in [6.07, 6.45) is 3.68. The highest BCUT2D eigenvalue weighted by atomic mass is 35.5. The number of benzene rings is 1. The van der Waals surface area contributed by atoms with Gasteiger partial charge in [-0.2, -0.15) is 4.98 Å². The van der Waals surface area contributed by atoms with Gasteiger partial charge < -0.3 is 23.8 Å². The molecule has 3 aromatic heterocycles. The molecule has 10 nitrogen and oxygen atoms in total. The first kappa shape index (κ1) is 21.7. The van der Waals surface area contributed by atoms with E-state index in [1.807, 2.05) is 12.1 Å². The quantitative estimate of drug-likeness (QED) is 0.459. The van der Waals surface area contributed by atoms with Gasteiger partial charge in [0.05, 0.1) is 34.7 Å². The maximum atomic E-state index is 13.8. The molecule has 4 aromatic rings. The molecule has 5 heterocycles. The van der Waals surface area contributed by atoms with E-state index < -0.39 is 0 Å². The van der Waals surface area contributed by atoms with Gasteiger partial charge in [0.15, 0.2) is 0 Å². The van der Waals surface area contributed by atoms with Crippen LogP contribution in [0.3, 0.4) is 0 Å². The summed E-state index contributed by atoms with van der Waals surface area (Å²) in [5, 5.41) is 14.4. The van der Waals surface area contributed by atoms with Crippen LogP contribution in [0, 0.1) is 0 Å². The van der Waals surface area contributed by atoms with Crippen LogP contribution in [-0.2, 0) is 11.3 Å². The number of imidazole rings is 1. The first-order valence-corrected chi connectivity index (χ1v) is 12.0. The normalized spacial score (nSPS) is 20.1. The van der Waals surface area contributed by atoms with Gasteiger partial charge in [0, 0.05) is 32.8 Å². The van der Waals surface area contributed by atoms with Gasteiger partial charge in [0.25, 0.3) is 5.56 Å². The Hall–Kier alpha value is -2.79. The molecule has 1 atom stereocenters. The fraction of sp³-hybridized carbons (Fsp3) is 0.478. The largest absolute Gasteiger partial charge is 0.393 e. The van der Waals surface area contributed by atoms with Crippen LogP contribution in [0.2, 0.25) is 5.02 Å². The summed E-state index contributed by atoms with van der Waals surface area (Å²) < 4.78 is 14.4. The number of hydrogen-bond acceptors (Lipinski definition) is 8. The molecule has 2 aliphatic heterocycles. The Morgan fingerprint density at radius 3 is 2.79 bits per heavy atom. The minimum atomic E-state index is -0.240. The number of rotatable bonds is 5. The Morgan fingerprint density at radius 1 is 1.15 bits per heavy atom. The zero-order valence-electron chi connectivity index (χ0n) is 18.6. The number of para-hydroxylation sites is 1. The van der Waals surface area contributed by atoms with Gasteiger partial charge in [-0.1, -0.05) is 22.8 Å². The Bertz CT molecular complexity index is 1400. The standard InChI is InChI=1S/C23H25ClN6O4/c24-16-2-1-3-17-19(16)29(10-9-28-7-4-15(31)5-8-28)23(32)20-18(25-13-30(17)20)21-26-22(34-27-21)14-6-11-33-12-14/h1-3,13-15,31H,4-12H2. The van der Waals surface area contributed by atoms with Crippen molar-refractivity contribution in [1.82, 2.24) is 29.0 Å². The highest BCUT2D eigenvalue weighted by molar-refractivity contribution is 6.35. The van der Waals surface area contributed by atoms with Crippen molar-refractivity contribution in [1.29, 1.82) is 0 Å². The number of hydrogen-bond donors (Lipinski definition) is 1. The molecular formula is C23H25ClN6O4. The molecule has 1 aromatic carbocycles. The number of nitrogens with zero attached hydrogens (tertiary/aromatic N) is 6. The lowest BCUT2D eigenvalue weighted by molar-refractivity contribution is 0.0810. The molecule has 0 spiro atoms. The second-order valence-electron chi connectivity index (χ2n) is 8.97. The summed E-state index contributed by atoms with van der Waals surface area (Å²) in [5.74, 6) is 0.860. The van der Waals surface area contributed by atoms with Crippen molar-refractivity contribution in [3.63, 3.8) is 0 Å².